The van der Waals surface area contributed by atoms with E-state index in [4.69, 9.17) is 0 Å². The van der Waals surface area contributed by atoms with Crippen LogP contribution in [0, 0.1) is 11.8 Å². The smallest absolute Gasteiger partial charge is 0.227 e. The van der Waals surface area contributed by atoms with Gasteiger partial charge in [0.25, 0.3) is 0 Å². The third-order valence-corrected chi connectivity index (χ3v) is 3.84. The minimum absolute atomic E-state index is 0.285. The normalized spacial score (nSPS) is 29.9. The van der Waals surface area contributed by atoms with Gasteiger partial charge in [-0.25, -0.2) is 0 Å². The molecule has 92 valence electrons. The molecule has 0 aliphatic carbocycles. The van der Waals surface area contributed by atoms with Crippen LogP contribution in [0.1, 0.15) is 39.5 Å². The lowest BCUT2D eigenvalue weighted by atomic mass is 9.94. The Morgan fingerprint density at radius 3 is 3.00 bits per heavy atom. The van der Waals surface area contributed by atoms with Crippen molar-refractivity contribution in [1.82, 2.24) is 10.2 Å². The molecule has 0 saturated carbocycles. The van der Waals surface area contributed by atoms with Crippen LogP contribution in [0.4, 0.5) is 0 Å². The van der Waals surface area contributed by atoms with Crippen molar-refractivity contribution in [1.29, 1.82) is 0 Å². The van der Waals surface area contributed by atoms with Gasteiger partial charge in [0.2, 0.25) is 5.91 Å². The average Bonchev–Trinajstić information content (AvgIpc) is 2.56. The Morgan fingerprint density at radius 1 is 1.50 bits per heavy atom. The zero-order valence-electron chi connectivity index (χ0n) is 10.5. The van der Waals surface area contributed by atoms with E-state index < -0.39 is 0 Å². The summed E-state index contributed by atoms with van der Waals surface area (Å²) in [5.41, 5.74) is 0. The molecule has 2 heterocycles. The molecule has 2 unspecified atom stereocenters. The number of nitrogens with one attached hydrogen (secondary N) is 1. The second-order valence-corrected chi connectivity index (χ2v) is 5.63. The Labute approximate surface area is 98.6 Å². The van der Waals surface area contributed by atoms with Crippen LogP contribution in [-0.2, 0) is 4.79 Å². The van der Waals surface area contributed by atoms with Gasteiger partial charge in [-0.05, 0) is 38.1 Å². The highest BCUT2D eigenvalue weighted by atomic mass is 16.2. The van der Waals surface area contributed by atoms with E-state index in [-0.39, 0.29) is 5.92 Å². The SMILES string of the molecule is CC(C)CCCN1CC2NCCCC2C1=O. The van der Waals surface area contributed by atoms with Gasteiger partial charge < -0.3 is 10.2 Å². The minimum Gasteiger partial charge on any atom is -0.341 e. The first-order valence-electron chi connectivity index (χ1n) is 6.70. The molecule has 2 atom stereocenters. The minimum atomic E-state index is 0.285. The standard InChI is InChI=1S/C13H24N2O/c1-10(2)5-4-8-15-9-12-11(13(15)16)6-3-7-14-12/h10-12,14H,3-9H2,1-2H3. The Bertz CT molecular complexity index is 252. The Balaban J connectivity index is 1.81. The number of carbonyl (C=O) groups is 1. The Morgan fingerprint density at radius 2 is 2.31 bits per heavy atom. The van der Waals surface area contributed by atoms with Gasteiger partial charge in [-0.3, -0.25) is 4.79 Å². The van der Waals surface area contributed by atoms with Crippen molar-refractivity contribution in [3.05, 3.63) is 0 Å². The van der Waals surface area contributed by atoms with E-state index in [1.165, 1.54) is 6.42 Å². The van der Waals surface area contributed by atoms with Crippen LogP contribution in [0.25, 0.3) is 0 Å². The molecule has 16 heavy (non-hydrogen) atoms. The van der Waals surface area contributed by atoms with Gasteiger partial charge in [0, 0.05) is 19.1 Å². The van der Waals surface area contributed by atoms with Crippen molar-refractivity contribution in [3.63, 3.8) is 0 Å². The number of fused-ring (bicyclic) bond motifs is 1. The molecule has 2 fully saturated rings. The maximum absolute atomic E-state index is 12.1. The van der Waals surface area contributed by atoms with Crippen LogP contribution in [-0.4, -0.2) is 36.5 Å². The van der Waals surface area contributed by atoms with Crippen molar-refractivity contribution in [2.24, 2.45) is 11.8 Å². The summed E-state index contributed by atoms with van der Waals surface area (Å²) >= 11 is 0. The summed E-state index contributed by atoms with van der Waals surface area (Å²) in [5.74, 6) is 1.44. The van der Waals surface area contributed by atoms with Crippen LogP contribution < -0.4 is 5.32 Å². The number of likely N-dealkylation sites (tertiary alicyclic amines) is 1. The van der Waals surface area contributed by atoms with Gasteiger partial charge in [-0.15, -0.1) is 0 Å². The summed E-state index contributed by atoms with van der Waals surface area (Å²) < 4.78 is 0. The molecule has 3 heteroatoms. The summed E-state index contributed by atoms with van der Waals surface area (Å²) in [7, 11) is 0. The number of hydrogen-bond acceptors (Lipinski definition) is 2. The molecule has 2 aliphatic rings. The number of nitrogens with zero attached hydrogens (tertiary/aromatic N) is 1. The topological polar surface area (TPSA) is 32.3 Å². The molecule has 2 rings (SSSR count). The zero-order chi connectivity index (χ0) is 11.5. The van der Waals surface area contributed by atoms with Gasteiger partial charge >= 0.3 is 0 Å². The van der Waals surface area contributed by atoms with E-state index in [0.717, 1.165) is 44.8 Å². The highest BCUT2D eigenvalue weighted by molar-refractivity contribution is 5.82. The third kappa shape index (κ3) is 2.57. The summed E-state index contributed by atoms with van der Waals surface area (Å²) in [6.07, 6.45) is 4.64. The monoisotopic (exact) mass is 224 g/mol. The maximum atomic E-state index is 12.1. The van der Waals surface area contributed by atoms with E-state index in [1.807, 2.05) is 0 Å². The molecule has 2 aliphatic heterocycles. The van der Waals surface area contributed by atoms with E-state index in [0.29, 0.717) is 11.9 Å². The zero-order valence-corrected chi connectivity index (χ0v) is 10.5. The van der Waals surface area contributed by atoms with Crippen molar-refractivity contribution < 1.29 is 4.79 Å². The number of rotatable bonds is 4. The molecule has 0 radical (unpaired) electrons. The fourth-order valence-corrected chi connectivity index (χ4v) is 2.89. The van der Waals surface area contributed by atoms with E-state index in [9.17, 15) is 4.79 Å². The third-order valence-electron chi connectivity index (χ3n) is 3.84. The van der Waals surface area contributed by atoms with E-state index in [2.05, 4.69) is 24.1 Å². The summed E-state index contributed by atoms with van der Waals surface area (Å²) in [5, 5.41) is 3.48. The molecule has 1 N–H and O–H groups in total. The molecule has 3 nitrogen and oxygen atoms in total. The van der Waals surface area contributed by atoms with E-state index >= 15 is 0 Å². The number of amides is 1. The van der Waals surface area contributed by atoms with Crippen LogP contribution in [0.3, 0.4) is 0 Å². The second-order valence-electron chi connectivity index (χ2n) is 5.63. The van der Waals surface area contributed by atoms with Crippen molar-refractivity contribution in [3.8, 4) is 0 Å². The van der Waals surface area contributed by atoms with Gasteiger partial charge in [-0.1, -0.05) is 13.8 Å². The van der Waals surface area contributed by atoms with Crippen molar-refractivity contribution >= 4 is 5.91 Å². The Hall–Kier alpha value is -0.570. The lowest BCUT2D eigenvalue weighted by Crippen LogP contribution is -2.41. The highest BCUT2D eigenvalue weighted by Crippen LogP contribution is 2.26. The first kappa shape index (κ1) is 11.9. The Kier molecular flexibility index (Phi) is 3.85. The molecule has 2 saturated heterocycles. The van der Waals surface area contributed by atoms with Crippen LogP contribution in [0.5, 0.6) is 0 Å². The predicted molar refractivity (Wildman–Crippen MR) is 65.2 cm³/mol. The highest BCUT2D eigenvalue weighted by Gasteiger charge is 2.40. The fourth-order valence-electron chi connectivity index (χ4n) is 2.89. The molecular formula is C13H24N2O. The lowest BCUT2D eigenvalue weighted by molar-refractivity contribution is -0.131. The summed E-state index contributed by atoms with van der Waals surface area (Å²) in [4.78, 5) is 14.2. The average molecular weight is 224 g/mol. The summed E-state index contributed by atoms with van der Waals surface area (Å²) in [6.45, 7) is 7.49. The predicted octanol–water partition coefficient (Wildman–Crippen LogP) is 1.63. The number of hydrogen-bond donors (Lipinski definition) is 1. The van der Waals surface area contributed by atoms with Crippen LogP contribution in [0.2, 0.25) is 0 Å². The van der Waals surface area contributed by atoms with E-state index in [1.54, 1.807) is 0 Å². The van der Waals surface area contributed by atoms with Gasteiger partial charge in [0.05, 0.1) is 5.92 Å². The molecule has 0 spiro atoms. The van der Waals surface area contributed by atoms with Crippen LogP contribution in [0.15, 0.2) is 0 Å². The molecule has 0 aromatic carbocycles. The maximum Gasteiger partial charge on any atom is 0.227 e. The van der Waals surface area contributed by atoms with Crippen LogP contribution >= 0.6 is 0 Å². The van der Waals surface area contributed by atoms with Gasteiger partial charge in [0.15, 0.2) is 0 Å². The largest absolute Gasteiger partial charge is 0.341 e. The molecule has 0 bridgehead atoms. The number of piperidine rings is 1. The fraction of sp³-hybridized carbons (Fsp3) is 0.923. The molecular weight excluding hydrogens is 200 g/mol. The molecule has 1 amide bonds. The molecule has 0 aromatic rings. The quantitative estimate of drug-likeness (QED) is 0.787. The van der Waals surface area contributed by atoms with Gasteiger partial charge in [-0.2, -0.15) is 0 Å². The first-order valence-corrected chi connectivity index (χ1v) is 6.70. The number of carbonyl (C=O) groups excluding carboxylic acids is 1. The lowest BCUT2D eigenvalue weighted by Gasteiger charge is -2.23. The van der Waals surface area contributed by atoms with Gasteiger partial charge in [0.1, 0.15) is 0 Å². The van der Waals surface area contributed by atoms with Crippen molar-refractivity contribution in [2.45, 2.75) is 45.6 Å². The first-order chi connectivity index (χ1) is 7.68. The summed E-state index contributed by atoms with van der Waals surface area (Å²) in [6, 6.07) is 0.445. The molecule has 0 aromatic heterocycles. The second kappa shape index (κ2) is 5.17. The van der Waals surface area contributed by atoms with Crippen molar-refractivity contribution in [2.75, 3.05) is 19.6 Å².